The monoisotopic (exact) mass is 228 g/mol. The summed E-state index contributed by atoms with van der Waals surface area (Å²) < 4.78 is 6.21. The van der Waals surface area contributed by atoms with E-state index in [0.717, 1.165) is 12.1 Å². The van der Waals surface area contributed by atoms with Gasteiger partial charge in [0.25, 0.3) is 0 Å². The van der Waals surface area contributed by atoms with E-state index in [0.29, 0.717) is 0 Å². The molecule has 0 N–H and O–H groups in total. The van der Waals surface area contributed by atoms with Gasteiger partial charge in [-0.05, 0) is 25.1 Å². The van der Waals surface area contributed by atoms with E-state index in [-0.39, 0.29) is 0 Å². The molecule has 1 saturated carbocycles. The van der Waals surface area contributed by atoms with Gasteiger partial charge in [0.2, 0.25) is 0 Å². The Morgan fingerprint density at radius 1 is 1.07 bits per heavy atom. The fraction of sp³-hybridized carbons (Fsp3) is 1.00. The van der Waals surface area contributed by atoms with Crippen molar-refractivity contribution in [1.29, 1.82) is 0 Å². The summed E-state index contributed by atoms with van der Waals surface area (Å²) in [4.78, 5) is 0. The summed E-state index contributed by atoms with van der Waals surface area (Å²) in [5.41, 5.74) is 0.938. The van der Waals surface area contributed by atoms with Crippen LogP contribution in [0.4, 0.5) is 0 Å². The molecular formula is C13H28OSi. The van der Waals surface area contributed by atoms with E-state index in [9.17, 15) is 0 Å². The molecule has 0 atom stereocenters. The fourth-order valence-electron chi connectivity index (χ4n) is 2.60. The van der Waals surface area contributed by atoms with Gasteiger partial charge in [-0.2, -0.15) is 0 Å². The minimum Gasteiger partial charge on any atom is -0.417 e. The van der Waals surface area contributed by atoms with Crippen molar-refractivity contribution in [2.45, 2.75) is 76.9 Å². The van der Waals surface area contributed by atoms with E-state index in [2.05, 4.69) is 20.0 Å². The van der Waals surface area contributed by atoms with Crippen molar-refractivity contribution in [3.8, 4) is 0 Å². The van der Waals surface area contributed by atoms with Crippen LogP contribution in [0.1, 0.15) is 58.3 Å². The first kappa shape index (κ1) is 13.2. The average molecular weight is 228 g/mol. The molecule has 15 heavy (non-hydrogen) atoms. The quantitative estimate of drug-likeness (QED) is 0.471. The molecule has 0 aliphatic heterocycles. The molecule has 1 aliphatic carbocycles. The van der Waals surface area contributed by atoms with Crippen LogP contribution in [-0.4, -0.2) is 14.9 Å². The second kappa shape index (κ2) is 6.69. The van der Waals surface area contributed by atoms with Crippen molar-refractivity contribution < 1.29 is 4.43 Å². The van der Waals surface area contributed by atoms with Crippen molar-refractivity contribution in [2.75, 3.05) is 6.61 Å². The summed E-state index contributed by atoms with van der Waals surface area (Å²) in [6.07, 6.45) is 11.1. The largest absolute Gasteiger partial charge is 0.417 e. The first-order valence-electron chi connectivity index (χ1n) is 6.81. The lowest BCUT2D eigenvalue weighted by Crippen LogP contribution is -2.38. The second-order valence-electron chi connectivity index (χ2n) is 5.49. The van der Waals surface area contributed by atoms with Gasteiger partial charge in [0.1, 0.15) is 0 Å². The smallest absolute Gasteiger partial charge is 0.189 e. The molecule has 0 heterocycles. The summed E-state index contributed by atoms with van der Waals surface area (Å²) >= 11 is 0. The molecule has 0 aromatic heterocycles. The van der Waals surface area contributed by atoms with Crippen LogP contribution < -0.4 is 0 Å². The Labute approximate surface area is 96.7 Å². The molecule has 2 heteroatoms. The van der Waals surface area contributed by atoms with Crippen LogP contribution in [-0.2, 0) is 4.43 Å². The van der Waals surface area contributed by atoms with Crippen LogP contribution in [0, 0.1) is 0 Å². The molecule has 0 bridgehead atoms. The van der Waals surface area contributed by atoms with Crippen molar-refractivity contribution in [3.05, 3.63) is 0 Å². The highest BCUT2D eigenvalue weighted by Crippen LogP contribution is 2.37. The van der Waals surface area contributed by atoms with Crippen LogP contribution >= 0.6 is 0 Å². The Hall–Kier alpha value is 0.177. The van der Waals surface area contributed by atoms with Crippen LogP contribution in [0.3, 0.4) is 0 Å². The van der Waals surface area contributed by atoms with E-state index in [1.165, 1.54) is 51.4 Å². The summed E-state index contributed by atoms with van der Waals surface area (Å²) in [5, 5.41) is 0. The average Bonchev–Trinajstić information content (AvgIpc) is 2.26. The molecule has 0 aromatic rings. The molecule has 0 saturated heterocycles. The Balaban J connectivity index is 2.23. The molecule has 0 aromatic carbocycles. The topological polar surface area (TPSA) is 9.23 Å². The van der Waals surface area contributed by atoms with Crippen LogP contribution in [0.25, 0.3) is 0 Å². The summed E-state index contributed by atoms with van der Waals surface area (Å²) in [7, 11) is -1.35. The molecule has 1 aliphatic rings. The zero-order valence-electron chi connectivity index (χ0n) is 10.8. The Kier molecular flexibility index (Phi) is 5.91. The SMILES string of the molecule is CCCCCO[Si](C)(C)C1CCCCC1. The van der Waals surface area contributed by atoms with Gasteiger partial charge in [0.05, 0.1) is 0 Å². The standard InChI is InChI=1S/C13H28OSi/c1-4-5-9-12-14-15(2,3)13-10-7-6-8-11-13/h13H,4-12H2,1-3H3. The van der Waals surface area contributed by atoms with Gasteiger partial charge in [-0.25, -0.2) is 0 Å². The zero-order valence-corrected chi connectivity index (χ0v) is 11.8. The third-order valence-corrected chi connectivity index (χ3v) is 7.30. The maximum atomic E-state index is 6.21. The molecule has 1 fully saturated rings. The van der Waals surface area contributed by atoms with Gasteiger partial charge >= 0.3 is 0 Å². The Bertz CT molecular complexity index is 162. The molecule has 1 nitrogen and oxygen atoms in total. The highest BCUT2D eigenvalue weighted by Gasteiger charge is 2.34. The summed E-state index contributed by atoms with van der Waals surface area (Å²) in [5.74, 6) is 0. The summed E-state index contributed by atoms with van der Waals surface area (Å²) in [6, 6.07) is 0. The zero-order chi connectivity index (χ0) is 11.1. The van der Waals surface area contributed by atoms with Crippen LogP contribution in [0.15, 0.2) is 0 Å². The predicted molar refractivity (Wildman–Crippen MR) is 69.8 cm³/mol. The molecule has 0 radical (unpaired) electrons. The van der Waals surface area contributed by atoms with Gasteiger partial charge < -0.3 is 4.43 Å². The van der Waals surface area contributed by atoms with Gasteiger partial charge in [-0.1, -0.05) is 51.9 Å². The fourth-order valence-corrected chi connectivity index (χ4v) is 5.31. The lowest BCUT2D eigenvalue weighted by molar-refractivity contribution is 0.278. The number of rotatable bonds is 6. The van der Waals surface area contributed by atoms with E-state index in [1.807, 2.05) is 0 Å². The molecule has 0 unspecified atom stereocenters. The maximum Gasteiger partial charge on any atom is 0.189 e. The van der Waals surface area contributed by atoms with Crippen molar-refractivity contribution in [1.82, 2.24) is 0 Å². The normalized spacial score (nSPS) is 19.4. The third-order valence-electron chi connectivity index (χ3n) is 3.81. The Morgan fingerprint density at radius 3 is 2.33 bits per heavy atom. The molecule has 0 amide bonds. The lowest BCUT2D eigenvalue weighted by atomic mass is 10.0. The van der Waals surface area contributed by atoms with Crippen LogP contribution in [0.5, 0.6) is 0 Å². The third kappa shape index (κ3) is 4.69. The van der Waals surface area contributed by atoms with E-state index in [1.54, 1.807) is 0 Å². The first-order chi connectivity index (χ1) is 7.17. The second-order valence-corrected chi connectivity index (χ2v) is 9.81. The number of hydrogen-bond acceptors (Lipinski definition) is 1. The molecule has 90 valence electrons. The molecular weight excluding hydrogens is 200 g/mol. The first-order valence-corrected chi connectivity index (χ1v) is 9.79. The highest BCUT2D eigenvalue weighted by atomic mass is 28.4. The maximum absolute atomic E-state index is 6.21. The van der Waals surface area contributed by atoms with Gasteiger partial charge in [0.15, 0.2) is 8.32 Å². The van der Waals surface area contributed by atoms with Crippen LogP contribution in [0.2, 0.25) is 18.6 Å². The van der Waals surface area contributed by atoms with Crippen molar-refractivity contribution in [2.24, 2.45) is 0 Å². The van der Waals surface area contributed by atoms with E-state index < -0.39 is 8.32 Å². The van der Waals surface area contributed by atoms with E-state index >= 15 is 0 Å². The minimum absolute atomic E-state index is 0.938. The molecule has 0 spiro atoms. The lowest BCUT2D eigenvalue weighted by Gasteiger charge is -2.34. The number of hydrogen-bond donors (Lipinski definition) is 0. The Morgan fingerprint density at radius 2 is 1.73 bits per heavy atom. The van der Waals surface area contributed by atoms with Gasteiger partial charge in [-0.15, -0.1) is 0 Å². The van der Waals surface area contributed by atoms with Gasteiger partial charge in [-0.3, -0.25) is 0 Å². The van der Waals surface area contributed by atoms with Crippen molar-refractivity contribution in [3.63, 3.8) is 0 Å². The van der Waals surface area contributed by atoms with Crippen molar-refractivity contribution >= 4 is 8.32 Å². The minimum atomic E-state index is -1.35. The highest BCUT2D eigenvalue weighted by molar-refractivity contribution is 6.72. The summed E-state index contributed by atoms with van der Waals surface area (Å²) in [6.45, 7) is 8.12. The predicted octanol–water partition coefficient (Wildman–Crippen LogP) is 4.73. The van der Waals surface area contributed by atoms with Gasteiger partial charge in [0, 0.05) is 6.61 Å². The van der Waals surface area contributed by atoms with E-state index in [4.69, 9.17) is 4.43 Å². The number of unbranched alkanes of at least 4 members (excludes halogenated alkanes) is 2. The molecule has 1 rings (SSSR count).